The lowest BCUT2D eigenvalue weighted by Gasteiger charge is -2.29. The molecule has 0 fully saturated rings. The summed E-state index contributed by atoms with van der Waals surface area (Å²) in [6.07, 6.45) is 2.32. The van der Waals surface area contributed by atoms with Gasteiger partial charge in [0, 0.05) is 17.2 Å². The van der Waals surface area contributed by atoms with Crippen molar-refractivity contribution in [1.29, 1.82) is 0 Å². The van der Waals surface area contributed by atoms with Crippen molar-refractivity contribution in [2.45, 2.75) is 59.3 Å². The van der Waals surface area contributed by atoms with Crippen molar-refractivity contribution in [2.24, 2.45) is 7.05 Å². The molecule has 0 aliphatic rings. The molecule has 0 unspecified atom stereocenters. The highest BCUT2D eigenvalue weighted by atomic mass is 14.9. The molecule has 0 N–H and O–H groups in total. The SMILES string of the molecule is Cc1ccccc1-c1cc(C(C)(C)C)c(C(C)(C)C)c[n+]1C. The van der Waals surface area contributed by atoms with Gasteiger partial charge in [0.1, 0.15) is 7.05 Å². The first kappa shape index (κ1) is 16.7. The predicted molar refractivity (Wildman–Crippen MR) is 95.2 cm³/mol. The first-order valence-corrected chi connectivity index (χ1v) is 8.12. The van der Waals surface area contributed by atoms with E-state index in [-0.39, 0.29) is 10.8 Å². The van der Waals surface area contributed by atoms with Crippen LogP contribution in [0.5, 0.6) is 0 Å². The van der Waals surface area contributed by atoms with Crippen LogP contribution in [0.25, 0.3) is 11.3 Å². The van der Waals surface area contributed by atoms with Gasteiger partial charge in [0.25, 0.3) is 0 Å². The number of pyridine rings is 1. The second kappa shape index (κ2) is 5.53. The second-order valence-corrected chi connectivity index (χ2v) is 8.41. The van der Waals surface area contributed by atoms with Crippen LogP contribution in [0.4, 0.5) is 0 Å². The van der Waals surface area contributed by atoms with Crippen molar-refractivity contribution >= 4 is 0 Å². The highest BCUT2D eigenvalue weighted by Gasteiger charge is 2.30. The van der Waals surface area contributed by atoms with Crippen LogP contribution in [0.1, 0.15) is 58.2 Å². The molecule has 2 rings (SSSR count). The van der Waals surface area contributed by atoms with E-state index in [0.717, 1.165) is 0 Å². The molecular formula is C21H30N+. The largest absolute Gasteiger partial charge is 0.212 e. The van der Waals surface area contributed by atoms with E-state index < -0.39 is 0 Å². The van der Waals surface area contributed by atoms with Gasteiger partial charge in [0.05, 0.1) is 0 Å². The normalized spacial score (nSPS) is 12.5. The topological polar surface area (TPSA) is 3.88 Å². The Labute approximate surface area is 136 Å². The lowest BCUT2D eigenvalue weighted by molar-refractivity contribution is -0.661. The third-order valence-electron chi connectivity index (χ3n) is 4.31. The van der Waals surface area contributed by atoms with Crippen LogP contribution >= 0.6 is 0 Å². The number of hydrogen-bond donors (Lipinski definition) is 0. The lowest BCUT2D eigenvalue weighted by Crippen LogP contribution is -2.36. The minimum Gasteiger partial charge on any atom is -0.201 e. The van der Waals surface area contributed by atoms with Gasteiger partial charge in [-0.15, -0.1) is 0 Å². The smallest absolute Gasteiger partial charge is 0.201 e. The highest BCUT2D eigenvalue weighted by molar-refractivity contribution is 5.62. The zero-order chi connectivity index (χ0) is 16.7. The summed E-state index contributed by atoms with van der Waals surface area (Å²) in [5.74, 6) is 0. The summed E-state index contributed by atoms with van der Waals surface area (Å²) in [5.41, 5.74) is 7.07. The number of nitrogens with zero attached hydrogens (tertiary/aromatic N) is 1. The molecule has 0 aliphatic heterocycles. The minimum absolute atomic E-state index is 0.133. The van der Waals surface area contributed by atoms with E-state index in [4.69, 9.17) is 0 Å². The van der Waals surface area contributed by atoms with Gasteiger partial charge in [-0.2, -0.15) is 0 Å². The number of rotatable bonds is 1. The molecule has 0 aliphatic carbocycles. The number of aryl methyl sites for hydroxylation is 2. The molecule has 0 amide bonds. The maximum atomic E-state index is 2.39. The fraction of sp³-hybridized carbons (Fsp3) is 0.476. The van der Waals surface area contributed by atoms with Crippen LogP contribution in [0, 0.1) is 6.92 Å². The van der Waals surface area contributed by atoms with Gasteiger partial charge in [-0.3, -0.25) is 0 Å². The van der Waals surface area contributed by atoms with Crippen molar-refractivity contribution < 1.29 is 4.57 Å². The van der Waals surface area contributed by atoms with E-state index in [1.807, 2.05) is 0 Å². The van der Waals surface area contributed by atoms with Crippen molar-refractivity contribution in [1.82, 2.24) is 0 Å². The molecule has 1 heterocycles. The number of benzene rings is 1. The van der Waals surface area contributed by atoms with Gasteiger partial charge < -0.3 is 0 Å². The van der Waals surface area contributed by atoms with E-state index in [1.54, 1.807) is 0 Å². The summed E-state index contributed by atoms with van der Waals surface area (Å²) in [7, 11) is 2.16. The Balaban J connectivity index is 2.77. The van der Waals surface area contributed by atoms with Gasteiger partial charge in [-0.1, -0.05) is 59.7 Å². The predicted octanol–water partition coefficient (Wildman–Crippen LogP) is 5.08. The third-order valence-corrected chi connectivity index (χ3v) is 4.31. The first-order chi connectivity index (χ1) is 10.0. The molecule has 0 radical (unpaired) electrons. The second-order valence-electron chi connectivity index (χ2n) is 8.41. The van der Waals surface area contributed by atoms with Gasteiger partial charge in [-0.25, -0.2) is 4.57 Å². The Morgan fingerprint density at radius 3 is 1.86 bits per heavy atom. The summed E-state index contributed by atoms with van der Waals surface area (Å²) in [5, 5.41) is 0. The maximum Gasteiger partial charge on any atom is 0.212 e. The summed E-state index contributed by atoms with van der Waals surface area (Å²) >= 11 is 0. The zero-order valence-corrected chi connectivity index (χ0v) is 15.4. The van der Waals surface area contributed by atoms with Crippen LogP contribution in [-0.2, 0) is 17.9 Å². The van der Waals surface area contributed by atoms with Crippen molar-refractivity contribution in [3.05, 3.63) is 53.2 Å². The molecule has 2 aromatic rings. The van der Waals surface area contributed by atoms with Gasteiger partial charge in [0.15, 0.2) is 6.20 Å². The molecule has 1 aromatic heterocycles. The monoisotopic (exact) mass is 296 g/mol. The van der Waals surface area contributed by atoms with Crippen LogP contribution in [0.2, 0.25) is 0 Å². The van der Waals surface area contributed by atoms with Gasteiger partial charge in [-0.05, 0) is 34.9 Å². The molecular weight excluding hydrogens is 266 g/mol. The van der Waals surface area contributed by atoms with Crippen LogP contribution in [0.3, 0.4) is 0 Å². The lowest BCUT2D eigenvalue weighted by atomic mass is 9.75. The number of aromatic nitrogens is 1. The van der Waals surface area contributed by atoms with Crippen molar-refractivity contribution in [3.8, 4) is 11.3 Å². The molecule has 1 aromatic carbocycles. The first-order valence-electron chi connectivity index (χ1n) is 8.12. The molecule has 0 spiro atoms. The van der Waals surface area contributed by atoms with Crippen molar-refractivity contribution in [3.63, 3.8) is 0 Å². The van der Waals surface area contributed by atoms with E-state index >= 15 is 0 Å². The van der Waals surface area contributed by atoms with Crippen LogP contribution < -0.4 is 4.57 Å². The molecule has 22 heavy (non-hydrogen) atoms. The maximum absolute atomic E-state index is 2.39. The summed E-state index contributed by atoms with van der Waals surface area (Å²) in [4.78, 5) is 0. The Morgan fingerprint density at radius 1 is 0.818 bits per heavy atom. The molecule has 1 heteroatoms. The molecule has 0 atom stereocenters. The summed E-state index contributed by atoms with van der Waals surface area (Å²) in [6.45, 7) is 16.0. The standard InChI is InChI=1S/C21H30N/c1-15-11-9-10-12-16(15)19-13-17(20(2,3)4)18(14-22(19)8)21(5,6)7/h9-14H,1-8H3/q+1. The Kier molecular flexibility index (Phi) is 4.21. The Bertz CT molecular complexity index is 682. The van der Waals surface area contributed by atoms with E-state index in [9.17, 15) is 0 Å². The van der Waals surface area contributed by atoms with Gasteiger partial charge >= 0.3 is 0 Å². The summed E-state index contributed by atoms with van der Waals surface area (Å²) < 4.78 is 2.28. The van der Waals surface area contributed by atoms with E-state index in [1.165, 1.54) is 27.9 Å². The fourth-order valence-electron chi connectivity index (χ4n) is 3.00. The Morgan fingerprint density at radius 2 is 1.36 bits per heavy atom. The summed E-state index contributed by atoms with van der Waals surface area (Å²) in [6, 6.07) is 11.0. The van der Waals surface area contributed by atoms with Crippen LogP contribution in [-0.4, -0.2) is 0 Å². The average Bonchev–Trinajstić information content (AvgIpc) is 2.37. The van der Waals surface area contributed by atoms with Crippen molar-refractivity contribution in [2.75, 3.05) is 0 Å². The minimum atomic E-state index is 0.133. The quantitative estimate of drug-likeness (QED) is 0.646. The fourth-order valence-corrected chi connectivity index (χ4v) is 3.00. The molecule has 0 bridgehead atoms. The number of hydrogen-bond acceptors (Lipinski definition) is 0. The van der Waals surface area contributed by atoms with E-state index in [0.29, 0.717) is 0 Å². The van der Waals surface area contributed by atoms with E-state index in [2.05, 4.69) is 96.6 Å². The Hall–Kier alpha value is -1.63. The zero-order valence-electron chi connectivity index (χ0n) is 15.4. The molecule has 1 nitrogen and oxygen atoms in total. The van der Waals surface area contributed by atoms with Crippen LogP contribution in [0.15, 0.2) is 36.5 Å². The molecule has 118 valence electrons. The molecule has 0 saturated carbocycles. The third kappa shape index (κ3) is 3.24. The van der Waals surface area contributed by atoms with Gasteiger partial charge in [0.2, 0.25) is 5.69 Å². The highest BCUT2D eigenvalue weighted by Crippen LogP contribution is 2.35. The molecule has 0 saturated heterocycles. The average molecular weight is 296 g/mol.